The van der Waals surface area contributed by atoms with Crippen LogP contribution in [-0.4, -0.2) is 36.6 Å². The molecule has 2 amide bonds. The second-order valence-electron chi connectivity index (χ2n) is 5.45. The summed E-state index contributed by atoms with van der Waals surface area (Å²) in [4.78, 5) is 29.6. The van der Waals surface area contributed by atoms with Crippen LogP contribution in [0.25, 0.3) is 0 Å². The maximum atomic E-state index is 11.9. The van der Waals surface area contributed by atoms with Crippen molar-refractivity contribution in [3.63, 3.8) is 0 Å². The molecule has 0 aromatic carbocycles. The van der Waals surface area contributed by atoms with Gasteiger partial charge in [0, 0.05) is 32.3 Å². The Hall–Kier alpha value is -1.95. The highest BCUT2D eigenvalue weighted by molar-refractivity contribution is 5.94. The molecule has 0 saturated carbocycles. The van der Waals surface area contributed by atoms with E-state index in [0.29, 0.717) is 32.0 Å². The predicted octanol–water partition coefficient (Wildman–Crippen LogP) is 0.861. The fraction of sp³-hybridized carbons (Fsp3) is 0.533. The van der Waals surface area contributed by atoms with Crippen molar-refractivity contribution in [2.75, 3.05) is 24.7 Å². The highest BCUT2D eigenvalue weighted by Crippen LogP contribution is 2.20. The van der Waals surface area contributed by atoms with Gasteiger partial charge in [0.2, 0.25) is 11.8 Å². The molecule has 112 valence electrons. The number of nitrogens with one attached hydrogen (secondary N) is 1. The van der Waals surface area contributed by atoms with E-state index in [9.17, 15) is 9.59 Å². The molecule has 2 aliphatic heterocycles. The minimum Gasteiger partial charge on any atom is -0.381 e. The number of anilines is 1. The lowest BCUT2D eigenvalue weighted by Gasteiger charge is -2.15. The van der Waals surface area contributed by atoms with Crippen molar-refractivity contribution < 1.29 is 14.3 Å². The number of hydrogen-bond acceptors (Lipinski definition) is 4. The largest absolute Gasteiger partial charge is 0.381 e. The summed E-state index contributed by atoms with van der Waals surface area (Å²) in [5.41, 5.74) is 0.951. The van der Waals surface area contributed by atoms with E-state index in [1.54, 1.807) is 11.1 Å². The van der Waals surface area contributed by atoms with E-state index < -0.39 is 0 Å². The SMILES string of the molecule is O=C(NCc1ccnc(N2CCCC2=O)c1)[C@@H]1CCOC1. The highest BCUT2D eigenvalue weighted by Gasteiger charge is 2.24. The Labute approximate surface area is 123 Å². The van der Waals surface area contributed by atoms with Gasteiger partial charge >= 0.3 is 0 Å². The third-order valence-corrected chi connectivity index (χ3v) is 3.93. The lowest BCUT2D eigenvalue weighted by Crippen LogP contribution is -2.30. The monoisotopic (exact) mass is 289 g/mol. The zero-order valence-electron chi connectivity index (χ0n) is 11.9. The fourth-order valence-corrected chi connectivity index (χ4v) is 2.68. The molecule has 0 unspecified atom stereocenters. The molecular formula is C15H19N3O3. The van der Waals surface area contributed by atoms with Crippen LogP contribution in [0, 0.1) is 5.92 Å². The highest BCUT2D eigenvalue weighted by atomic mass is 16.5. The Kier molecular flexibility index (Phi) is 4.15. The molecule has 2 aliphatic rings. The first-order valence-corrected chi connectivity index (χ1v) is 7.35. The number of rotatable bonds is 4. The van der Waals surface area contributed by atoms with Crippen LogP contribution in [0.5, 0.6) is 0 Å². The van der Waals surface area contributed by atoms with Crippen LogP contribution in [0.3, 0.4) is 0 Å². The first-order valence-electron chi connectivity index (χ1n) is 7.35. The normalized spacial score (nSPS) is 21.8. The molecule has 0 aliphatic carbocycles. The summed E-state index contributed by atoms with van der Waals surface area (Å²) < 4.78 is 5.21. The van der Waals surface area contributed by atoms with Gasteiger partial charge in [0.1, 0.15) is 5.82 Å². The Bertz CT molecular complexity index is 541. The average molecular weight is 289 g/mol. The minimum atomic E-state index is -0.0357. The molecule has 1 N–H and O–H groups in total. The Morgan fingerprint density at radius 1 is 1.52 bits per heavy atom. The molecule has 1 aromatic rings. The number of carbonyl (C=O) groups excluding carboxylic acids is 2. The molecule has 6 heteroatoms. The van der Waals surface area contributed by atoms with Crippen LogP contribution in [0.15, 0.2) is 18.3 Å². The Balaban J connectivity index is 1.60. The minimum absolute atomic E-state index is 0.0307. The quantitative estimate of drug-likeness (QED) is 0.892. The first kappa shape index (κ1) is 14.0. The molecule has 0 spiro atoms. The van der Waals surface area contributed by atoms with Crippen molar-refractivity contribution in [1.82, 2.24) is 10.3 Å². The maximum Gasteiger partial charge on any atom is 0.228 e. The fourth-order valence-electron chi connectivity index (χ4n) is 2.68. The van der Waals surface area contributed by atoms with Gasteiger partial charge in [-0.3, -0.25) is 14.5 Å². The molecule has 3 heterocycles. The Morgan fingerprint density at radius 3 is 3.14 bits per heavy atom. The molecule has 1 aromatic heterocycles. The van der Waals surface area contributed by atoms with Gasteiger partial charge < -0.3 is 10.1 Å². The lowest BCUT2D eigenvalue weighted by atomic mass is 10.1. The van der Waals surface area contributed by atoms with Crippen molar-refractivity contribution in [3.05, 3.63) is 23.9 Å². The number of nitrogens with zero attached hydrogens (tertiary/aromatic N) is 2. The third kappa shape index (κ3) is 3.21. The summed E-state index contributed by atoms with van der Waals surface area (Å²) >= 11 is 0. The molecule has 21 heavy (non-hydrogen) atoms. The molecule has 0 bridgehead atoms. The first-order chi connectivity index (χ1) is 10.2. The number of carbonyl (C=O) groups is 2. The van der Waals surface area contributed by atoms with Crippen LogP contribution in [0.1, 0.15) is 24.8 Å². The van der Waals surface area contributed by atoms with Gasteiger partial charge in [-0.1, -0.05) is 0 Å². The molecule has 6 nitrogen and oxygen atoms in total. The van der Waals surface area contributed by atoms with Crippen molar-refractivity contribution >= 4 is 17.6 Å². The second kappa shape index (κ2) is 6.22. The standard InChI is InChI=1S/C15H19N3O3/c19-14-2-1-6-18(14)13-8-11(3-5-16-13)9-17-15(20)12-4-7-21-10-12/h3,5,8,12H,1-2,4,6-7,9-10H2,(H,17,20)/t12-/m1/s1. The average Bonchev–Trinajstić information content (AvgIpc) is 3.16. The lowest BCUT2D eigenvalue weighted by molar-refractivity contribution is -0.125. The summed E-state index contributed by atoms with van der Waals surface area (Å²) in [5.74, 6) is 0.787. The number of hydrogen-bond donors (Lipinski definition) is 1. The maximum absolute atomic E-state index is 11.9. The number of amides is 2. The smallest absolute Gasteiger partial charge is 0.228 e. The summed E-state index contributed by atoms with van der Waals surface area (Å²) in [7, 11) is 0. The van der Waals surface area contributed by atoms with E-state index in [0.717, 1.165) is 24.9 Å². The number of aromatic nitrogens is 1. The van der Waals surface area contributed by atoms with Gasteiger partial charge in [0.25, 0.3) is 0 Å². The van der Waals surface area contributed by atoms with E-state index in [2.05, 4.69) is 10.3 Å². The van der Waals surface area contributed by atoms with E-state index in [4.69, 9.17) is 4.74 Å². The zero-order valence-corrected chi connectivity index (χ0v) is 11.9. The van der Waals surface area contributed by atoms with Gasteiger partial charge in [-0.25, -0.2) is 4.98 Å². The molecular weight excluding hydrogens is 270 g/mol. The number of ether oxygens (including phenoxy) is 1. The summed E-state index contributed by atoms with van der Waals surface area (Å²) in [6.45, 7) is 2.35. The van der Waals surface area contributed by atoms with Gasteiger partial charge in [0.15, 0.2) is 0 Å². The van der Waals surface area contributed by atoms with Crippen LogP contribution in [-0.2, 0) is 20.9 Å². The zero-order chi connectivity index (χ0) is 14.7. The van der Waals surface area contributed by atoms with Gasteiger partial charge in [0.05, 0.1) is 12.5 Å². The van der Waals surface area contributed by atoms with E-state index in [1.165, 1.54) is 0 Å². The van der Waals surface area contributed by atoms with Gasteiger partial charge in [-0.05, 0) is 30.5 Å². The van der Waals surface area contributed by atoms with E-state index >= 15 is 0 Å². The molecule has 3 rings (SSSR count). The van der Waals surface area contributed by atoms with E-state index in [-0.39, 0.29) is 17.7 Å². The van der Waals surface area contributed by atoms with Crippen LogP contribution >= 0.6 is 0 Å². The van der Waals surface area contributed by atoms with Crippen molar-refractivity contribution in [2.24, 2.45) is 5.92 Å². The van der Waals surface area contributed by atoms with Crippen molar-refractivity contribution in [3.8, 4) is 0 Å². The van der Waals surface area contributed by atoms with E-state index in [1.807, 2.05) is 12.1 Å². The van der Waals surface area contributed by atoms with Crippen molar-refractivity contribution in [1.29, 1.82) is 0 Å². The van der Waals surface area contributed by atoms with Crippen LogP contribution in [0.4, 0.5) is 5.82 Å². The number of pyridine rings is 1. The van der Waals surface area contributed by atoms with Crippen LogP contribution in [0.2, 0.25) is 0 Å². The van der Waals surface area contributed by atoms with Crippen molar-refractivity contribution in [2.45, 2.75) is 25.8 Å². The summed E-state index contributed by atoms with van der Waals surface area (Å²) in [6, 6.07) is 3.73. The van der Waals surface area contributed by atoms with Gasteiger partial charge in [-0.2, -0.15) is 0 Å². The molecule has 1 atom stereocenters. The second-order valence-corrected chi connectivity index (χ2v) is 5.45. The molecule has 0 radical (unpaired) electrons. The topological polar surface area (TPSA) is 71.5 Å². The predicted molar refractivity (Wildman–Crippen MR) is 76.6 cm³/mol. The summed E-state index contributed by atoms with van der Waals surface area (Å²) in [5, 5.41) is 2.92. The third-order valence-electron chi connectivity index (χ3n) is 3.93. The summed E-state index contributed by atoms with van der Waals surface area (Å²) in [6.07, 6.45) is 3.93. The Morgan fingerprint density at radius 2 is 2.43 bits per heavy atom. The molecule has 2 saturated heterocycles. The van der Waals surface area contributed by atoms with Crippen LogP contribution < -0.4 is 10.2 Å². The van der Waals surface area contributed by atoms with Gasteiger partial charge in [-0.15, -0.1) is 0 Å². The molecule has 2 fully saturated rings.